The minimum absolute atomic E-state index is 0.186. The quantitative estimate of drug-likeness (QED) is 0.497. The average molecular weight is 225 g/mol. The Labute approximate surface area is 101 Å². The zero-order valence-corrected chi connectivity index (χ0v) is 11.3. The van der Waals surface area contributed by atoms with Gasteiger partial charge in [-0.2, -0.15) is 0 Å². The van der Waals surface area contributed by atoms with Crippen molar-refractivity contribution >= 4 is 5.91 Å². The molecule has 0 atom stereocenters. The molecule has 0 unspecified atom stereocenters. The Balaban J connectivity index is 3.37. The summed E-state index contributed by atoms with van der Waals surface area (Å²) in [6.07, 6.45) is 8.17. The summed E-state index contributed by atoms with van der Waals surface area (Å²) in [6.45, 7) is 9.43. The molecule has 1 amide bonds. The van der Waals surface area contributed by atoms with E-state index in [1.807, 2.05) is 0 Å². The van der Waals surface area contributed by atoms with E-state index in [1.165, 1.54) is 0 Å². The molecule has 0 saturated heterocycles. The van der Waals surface area contributed by atoms with Crippen molar-refractivity contribution in [2.24, 2.45) is 11.8 Å². The van der Waals surface area contributed by atoms with Crippen LogP contribution in [-0.2, 0) is 4.79 Å². The largest absolute Gasteiger partial charge is 0.356 e. The molecule has 0 rings (SSSR count). The van der Waals surface area contributed by atoms with Crippen LogP contribution in [0, 0.1) is 11.8 Å². The highest BCUT2D eigenvalue weighted by Crippen LogP contribution is 2.03. The van der Waals surface area contributed by atoms with Crippen LogP contribution in [0.15, 0.2) is 12.2 Å². The number of nitrogens with one attached hydrogen (secondary N) is 1. The number of unbranched alkanes of at least 4 members (excludes halogenated alkanes) is 1. The minimum Gasteiger partial charge on any atom is -0.356 e. The standard InChI is InChI=1S/C14H27NO/c1-12(2)9-7-5-6-8-10-14(16)15-11-13(3)4/h5,7,12-13H,6,8-11H2,1-4H3,(H,15,16)/b7-5+. The molecule has 16 heavy (non-hydrogen) atoms. The van der Waals surface area contributed by atoms with Crippen LogP contribution >= 0.6 is 0 Å². The predicted octanol–water partition coefficient (Wildman–Crippen LogP) is 3.53. The van der Waals surface area contributed by atoms with Crippen LogP contribution in [0.25, 0.3) is 0 Å². The number of amides is 1. The molecule has 1 N–H and O–H groups in total. The first-order chi connectivity index (χ1) is 7.52. The number of carbonyl (C=O) groups excluding carboxylic acids is 1. The van der Waals surface area contributed by atoms with E-state index in [0.717, 1.165) is 31.7 Å². The van der Waals surface area contributed by atoms with E-state index in [0.29, 0.717) is 12.3 Å². The highest BCUT2D eigenvalue weighted by molar-refractivity contribution is 5.75. The Morgan fingerprint density at radius 2 is 1.81 bits per heavy atom. The lowest BCUT2D eigenvalue weighted by Gasteiger charge is -2.06. The Hall–Kier alpha value is -0.790. The fourth-order valence-electron chi connectivity index (χ4n) is 1.27. The fraction of sp³-hybridized carbons (Fsp3) is 0.786. The molecule has 0 aliphatic carbocycles. The lowest BCUT2D eigenvalue weighted by atomic mass is 10.1. The van der Waals surface area contributed by atoms with Crippen molar-refractivity contribution in [1.82, 2.24) is 5.32 Å². The molecule has 0 aliphatic heterocycles. The Bertz CT molecular complexity index is 207. The van der Waals surface area contributed by atoms with Crippen LogP contribution in [0.5, 0.6) is 0 Å². The van der Waals surface area contributed by atoms with E-state index >= 15 is 0 Å². The van der Waals surface area contributed by atoms with E-state index in [1.54, 1.807) is 0 Å². The second-order valence-corrected chi connectivity index (χ2v) is 5.19. The van der Waals surface area contributed by atoms with Gasteiger partial charge in [0.15, 0.2) is 0 Å². The molecule has 0 saturated carbocycles. The van der Waals surface area contributed by atoms with Crippen LogP contribution < -0.4 is 5.32 Å². The monoisotopic (exact) mass is 225 g/mol. The van der Waals surface area contributed by atoms with Crippen molar-refractivity contribution in [3.05, 3.63) is 12.2 Å². The zero-order chi connectivity index (χ0) is 12.4. The molecule has 0 bridgehead atoms. The molecule has 94 valence electrons. The van der Waals surface area contributed by atoms with Gasteiger partial charge in [-0.3, -0.25) is 4.79 Å². The predicted molar refractivity (Wildman–Crippen MR) is 70.3 cm³/mol. The molecule has 2 heteroatoms. The summed E-state index contributed by atoms with van der Waals surface area (Å²) < 4.78 is 0. The van der Waals surface area contributed by atoms with Gasteiger partial charge in [0.2, 0.25) is 5.91 Å². The van der Waals surface area contributed by atoms with Crippen LogP contribution in [-0.4, -0.2) is 12.5 Å². The van der Waals surface area contributed by atoms with Crippen LogP contribution in [0.3, 0.4) is 0 Å². The van der Waals surface area contributed by atoms with Gasteiger partial charge in [0.25, 0.3) is 0 Å². The molecular weight excluding hydrogens is 198 g/mol. The van der Waals surface area contributed by atoms with Gasteiger partial charge in [-0.1, -0.05) is 39.8 Å². The summed E-state index contributed by atoms with van der Waals surface area (Å²) in [6, 6.07) is 0. The van der Waals surface area contributed by atoms with Gasteiger partial charge >= 0.3 is 0 Å². The van der Waals surface area contributed by atoms with Crippen LogP contribution in [0.1, 0.15) is 53.4 Å². The highest BCUT2D eigenvalue weighted by Gasteiger charge is 2.00. The van der Waals surface area contributed by atoms with Crippen LogP contribution in [0.4, 0.5) is 0 Å². The first-order valence-corrected chi connectivity index (χ1v) is 6.44. The number of hydrogen-bond donors (Lipinski definition) is 1. The summed E-state index contributed by atoms with van der Waals surface area (Å²) in [5, 5.41) is 2.93. The SMILES string of the molecule is CC(C)C/C=C/CCCC(=O)NCC(C)C. The third-order valence-corrected chi connectivity index (χ3v) is 2.26. The molecule has 0 aromatic heterocycles. The summed E-state index contributed by atoms with van der Waals surface area (Å²) >= 11 is 0. The van der Waals surface area contributed by atoms with Crippen molar-refractivity contribution in [2.45, 2.75) is 53.4 Å². The van der Waals surface area contributed by atoms with Gasteiger partial charge in [-0.15, -0.1) is 0 Å². The molecular formula is C14H27NO. The average Bonchev–Trinajstić information content (AvgIpc) is 2.19. The summed E-state index contributed by atoms with van der Waals surface area (Å²) in [7, 11) is 0. The topological polar surface area (TPSA) is 29.1 Å². The number of carbonyl (C=O) groups is 1. The smallest absolute Gasteiger partial charge is 0.220 e. The third-order valence-electron chi connectivity index (χ3n) is 2.26. The molecule has 0 aromatic carbocycles. The fourth-order valence-corrected chi connectivity index (χ4v) is 1.27. The molecule has 2 nitrogen and oxygen atoms in total. The molecule has 0 spiro atoms. The van der Waals surface area contributed by atoms with Gasteiger partial charge in [-0.05, 0) is 31.1 Å². The second kappa shape index (κ2) is 9.44. The summed E-state index contributed by atoms with van der Waals surface area (Å²) in [5.74, 6) is 1.45. The van der Waals surface area contributed by atoms with Crippen molar-refractivity contribution in [2.75, 3.05) is 6.54 Å². The Morgan fingerprint density at radius 3 is 2.38 bits per heavy atom. The maximum absolute atomic E-state index is 11.4. The van der Waals surface area contributed by atoms with Crippen molar-refractivity contribution < 1.29 is 4.79 Å². The van der Waals surface area contributed by atoms with Crippen molar-refractivity contribution in [3.63, 3.8) is 0 Å². The second-order valence-electron chi connectivity index (χ2n) is 5.19. The molecule has 0 radical (unpaired) electrons. The van der Waals surface area contributed by atoms with Gasteiger partial charge in [-0.25, -0.2) is 0 Å². The highest BCUT2D eigenvalue weighted by atomic mass is 16.1. The van der Waals surface area contributed by atoms with Crippen molar-refractivity contribution in [3.8, 4) is 0 Å². The normalized spacial score (nSPS) is 11.6. The lowest BCUT2D eigenvalue weighted by Crippen LogP contribution is -2.26. The van der Waals surface area contributed by atoms with Gasteiger partial charge in [0.1, 0.15) is 0 Å². The van der Waals surface area contributed by atoms with Crippen molar-refractivity contribution in [1.29, 1.82) is 0 Å². The van der Waals surface area contributed by atoms with E-state index in [2.05, 4.69) is 45.2 Å². The minimum atomic E-state index is 0.186. The van der Waals surface area contributed by atoms with Gasteiger partial charge < -0.3 is 5.32 Å². The summed E-state index contributed by atoms with van der Waals surface area (Å²) in [4.78, 5) is 11.4. The van der Waals surface area contributed by atoms with Gasteiger partial charge in [0.05, 0.1) is 0 Å². The first kappa shape index (κ1) is 15.2. The van der Waals surface area contributed by atoms with E-state index in [4.69, 9.17) is 0 Å². The third kappa shape index (κ3) is 11.3. The number of allylic oxidation sites excluding steroid dienone is 2. The zero-order valence-electron chi connectivity index (χ0n) is 11.3. The van der Waals surface area contributed by atoms with Crippen LogP contribution in [0.2, 0.25) is 0 Å². The van der Waals surface area contributed by atoms with E-state index in [9.17, 15) is 4.79 Å². The number of hydrogen-bond acceptors (Lipinski definition) is 1. The lowest BCUT2D eigenvalue weighted by molar-refractivity contribution is -0.121. The first-order valence-electron chi connectivity index (χ1n) is 6.44. The molecule has 0 heterocycles. The maximum Gasteiger partial charge on any atom is 0.220 e. The maximum atomic E-state index is 11.4. The van der Waals surface area contributed by atoms with E-state index in [-0.39, 0.29) is 5.91 Å². The van der Waals surface area contributed by atoms with Gasteiger partial charge in [0, 0.05) is 13.0 Å². The molecule has 0 aliphatic rings. The summed E-state index contributed by atoms with van der Waals surface area (Å²) in [5.41, 5.74) is 0. The number of rotatable bonds is 8. The van der Waals surface area contributed by atoms with E-state index < -0.39 is 0 Å². The Kier molecular flexibility index (Phi) is 8.97. The Morgan fingerprint density at radius 1 is 1.12 bits per heavy atom. The molecule has 0 fully saturated rings. The molecule has 0 aromatic rings.